The Morgan fingerprint density at radius 1 is 1.10 bits per heavy atom. The minimum atomic E-state index is 0.580. The van der Waals surface area contributed by atoms with Gasteiger partial charge in [-0.25, -0.2) is 4.68 Å². The summed E-state index contributed by atoms with van der Waals surface area (Å²) in [7, 11) is 1.83. The number of aromatic nitrogens is 7. The molecule has 9 heteroatoms. The number of halogens is 1. The van der Waals surface area contributed by atoms with Crippen LogP contribution >= 0.6 is 11.6 Å². The second-order valence-corrected chi connectivity index (χ2v) is 7.06. The van der Waals surface area contributed by atoms with Gasteiger partial charge in [0.1, 0.15) is 0 Å². The molecule has 3 aromatic heterocycles. The second kappa shape index (κ2) is 7.06. The number of aromatic amines is 1. The summed E-state index contributed by atoms with van der Waals surface area (Å²) in [5, 5.41) is 20.5. The molecule has 0 spiro atoms. The predicted octanol–water partition coefficient (Wildman–Crippen LogP) is 4.00. The molecule has 29 heavy (non-hydrogen) atoms. The first-order chi connectivity index (χ1) is 14.2. The van der Waals surface area contributed by atoms with Gasteiger partial charge in [-0.05, 0) is 17.7 Å². The largest absolute Gasteiger partial charge is 0.323 e. The number of rotatable bonds is 5. The number of aryl methyl sites for hydroxylation is 1. The van der Waals surface area contributed by atoms with Crippen LogP contribution in [-0.4, -0.2) is 34.7 Å². The van der Waals surface area contributed by atoms with E-state index in [9.17, 15) is 0 Å². The van der Waals surface area contributed by atoms with Gasteiger partial charge in [0.2, 0.25) is 5.95 Å². The molecule has 0 fully saturated rings. The fraction of sp³-hybridized carbons (Fsp3) is 0.100. The molecule has 0 radical (unpaired) electrons. The quantitative estimate of drug-likeness (QED) is 0.462. The van der Waals surface area contributed by atoms with Crippen LogP contribution in [0, 0.1) is 0 Å². The molecule has 0 aliphatic heterocycles. The van der Waals surface area contributed by atoms with Crippen LogP contribution in [0.2, 0.25) is 5.02 Å². The van der Waals surface area contributed by atoms with Gasteiger partial charge in [0.25, 0.3) is 0 Å². The molecule has 5 rings (SSSR count). The van der Waals surface area contributed by atoms with Crippen LogP contribution in [0.15, 0.2) is 61.1 Å². The summed E-state index contributed by atoms with van der Waals surface area (Å²) in [4.78, 5) is 4.61. The lowest BCUT2D eigenvalue weighted by Gasteiger charge is -2.07. The van der Waals surface area contributed by atoms with Crippen molar-refractivity contribution in [1.82, 2.24) is 34.7 Å². The molecule has 8 nitrogen and oxygen atoms in total. The second-order valence-electron chi connectivity index (χ2n) is 6.68. The van der Waals surface area contributed by atoms with Gasteiger partial charge in [0.15, 0.2) is 5.82 Å². The first-order valence-corrected chi connectivity index (χ1v) is 9.41. The first kappa shape index (κ1) is 17.4. The van der Waals surface area contributed by atoms with E-state index in [-0.39, 0.29) is 0 Å². The van der Waals surface area contributed by atoms with E-state index in [1.54, 1.807) is 17.1 Å². The number of nitrogens with zero attached hydrogens (tertiary/aromatic N) is 6. The van der Waals surface area contributed by atoms with Crippen molar-refractivity contribution in [2.45, 2.75) is 6.54 Å². The predicted molar refractivity (Wildman–Crippen MR) is 112 cm³/mol. The lowest BCUT2D eigenvalue weighted by Crippen LogP contribution is -2.00. The fourth-order valence-electron chi connectivity index (χ4n) is 3.15. The molecule has 144 valence electrons. The zero-order valence-electron chi connectivity index (χ0n) is 15.5. The van der Waals surface area contributed by atoms with Crippen molar-refractivity contribution in [3.8, 4) is 11.4 Å². The third kappa shape index (κ3) is 3.34. The van der Waals surface area contributed by atoms with Gasteiger partial charge in [0, 0.05) is 18.6 Å². The van der Waals surface area contributed by atoms with Crippen molar-refractivity contribution in [2.24, 2.45) is 7.05 Å². The number of anilines is 2. The Hall–Kier alpha value is -3.65. The summed E-state index contributed by atoms with van der Waals surface area (Å²) in [6.45, 7) is 0.694. The molecule has 2 aromatic carbocycles. The molecular formula is C20H17ClN8. The van der Waals surface area contributed by atoms with E-state index in [2.05, 4.69) is 42.8 Å². The monoisotopic (exact) mass is 404 g/mol. The van der Waals surface area contributed by atoms with Crippen molar-refractivity contribution in [2.75, 3.05) is 5.32 Å². The Morgan fingerprint density at radius 3 is 2.83 bits per heavy atom. The minimum absolute atomic E-state index is 0.580. The fourth-order valence-corrected chi connectivity index (χ4v) is 3.41. The van der Waals surface area contributed by atoms with Gasteiger partial charge in [0.05, 0.1) is 40.7 Å². The van der Waals surface area contributed by atoms with E-state index in [0.29, 0.717) is 23.3 Å². The maximum atomic E-state index is 6.50. The summed E-state index contributed by atoms with van der Waals surface area (Å²) in [6.07, 6.45) is 5.41. The first-order valence-electron chi connectivity index (χ1n) is 9.04. The van der Waals surface area contributed by atoms with Gasteiger partial charge in [-0.15, -0.1) is 5.10 Å². The zero-order valence-corrected chi connectivity index (χ0v) is 16.3. The van der Waals surface area contributed by atoms with E-state index in [1.165, 1.54) is 5.56 Å². The van der Waals surface area contributed by atoms with Crippen molar-refractivity contribution >= 4 is 34.1 Å². The molecule has 0 saturated carbocycles. The highest BCUT2D eigenvalue weighted by molar-refractivity contribution is 6.38. The molecule has 0 unspecified atom stereocenters. The van der Waals surface area contributed by atoms with Crippen molar-refractivity contribution < 1.29 is 0 Å². The smallest absolute Gasteiger partial charge is 0.226 e. The summed E-state index contributed by atoms with van der Waals surface area (Å²) in [6, 6.07) is 14.0. The van der Waals surface area contributed by atoms with Crippen LogP contribution in [0.5, 0.6) is 0 Å². The van der Waals surface area contributed by atoms with Crippen LogP contribution < -0.4 is 5.32 Å². The van der Waals surface area contributed by atoms with Gasteiger partial charge < -0.3 is 5.32 Å². The lowest BCUT2D eigenvalue weighted by molar-refractivity contribution is 0.687. The maximum Gasteiger partial charge on any atom is 0.226 e. The SMILES string of the molecule is Cn1nc(-c2cnn(Cc3ccccc3)c2)nc1Nc1ccc2[nH]ncc2c1Cl. The number of hydrogen-bond donors (Lipinski definition) is 2. The number of nitrogens with one attached hydrogen (secondary N) is 2. The summed E-state index contributed by atoms with van der Waals surface area (Å²) in [5.41, 5.74) is 3.65. The molecule has 0 bridgehead atoms. The Morgan fingerprint density at radius 2 is 1.97 bits per heavy atom. The average Bonchev–Trinajstić information content (AvgIpc) is 3.46. The van der Waals surface area contributed by atoms with Gasteiger partial charge >= 0.3 is 0 Å². The van der Waals surface area contributed by atoms with E-state index in [4.69, 9.17) is 11.6 Å². The summed E-state index contributed by atoms with van der Waals surface area (Å²) < 4.78 is 3.55. The van der Waals surface area contributed by atoms with Crippen molar-refractivity contribution in [1.29, 1.82) is 0 Å². The molecule has 0 amide bonds. The normalized spacial score (nSPS) is 11.2. The average molecular weight is 405 g/mol. The van der Waals surface area contributed by atoms with Gasteiger partial charge in [-0.3, -0.25) is 9.78 Å². The Bertz CT molecular complexity index is 1280. The van der Waals surface area contributed by atoms with Gasteiger partial charge in [-0.2, -0.15) is 15.2 Å². The Labute approximate surface area is 171 Å². The highest BCUT2D eigenvalue weighted by atomic mass is 35.5. The number of benzene rings is 2. The summed E-state index contributed by atoms with van der Waals surface area (Å²) in [5.74, 6) is 1.18. The van der Waals surface area contributed by atoms with Crippen molar-refractivity contribution in [3.05, 3.63) is 71.6 Å². The van der Waals surface area contributed by atoms with Crippen LogP contribution in [0.4, 0.5) is 11.6 Å². The Balaban J connectivity index is 1.39. The molecule has 2 N–H and O–H groups in total. The van der Waals surface area contributed by atoms with Crippen molar-refractivity contribution in [3.63, 3.8) is 0 Å². The molecule has 0 aliphatic carbocycles. The zero-order chi connectivity index (χ0) is 19.8. The van der Waals surface area contributed by atoms with Crippen LogP contribution in [0.25, 0.3) is 22.3 Å². The molecule has 0 atom stereocenters. The number of fused-ring (bicyclic) bond motifs is 1. The maximum absolute atomic E-state index is 6.50. The molecule has 0 aliphatic rings. The molecule has 5 aromatic rings. The number of H-pyrrole nitrogens is 1. The van der Waals surface area contributed by atoms with E-state index in [0.717, 1.165) is 22.2 Å². The molecule has 3 heterocycles. The number of hydrogen-bond acceptors (Lipinski definition) is 5. The lowest BCUT2D eigenvalue weighted by atomic mass is 10.2. The van der Waals surface area contributed by atoms with Crippen LogP contribution in [0.1, 0.15) is 5.56 Å². The highest BCUT2D eigenvalue weighted by Gasteiger charge is 2.14. The van der Waals surface area contributed by atoms with Crippen LogP contribution in [-0.2, 0) is 13.6 Å². The van der Waals surface area contributed by atoms with Gasteiger partial charge in [-0.1, -0.05) is 41.9 Å². The molecular weight excluding hydrogens is 388 g/mol. The van der Waals surface area contributed by atoms with E-state index in [1.807, 2.05) is 48.3 Å². The van der Waals surface area contributed by atoms with Crippen LogP contribution in [0.3, 0.4) is 0 Å². The molecule has 0 saturated heterocycles. The highest BCUT2D eigenvalue weighted by Crippen LogP contribution is 2.31. The topological polar surface area (TPSA) is 89.2 Å². The standard InChI is InChI=1S/C20H17ClN8/c1-28-20(24-17-8-7-16-15(18(17)21)10-22-26-16)25-19(27-28)14-9-23-29(12-14)11-13-5-3-2-4-6-13/h2-10,12H,11H2,1H3,(H,22,26)(H,24,25,27). The minimum Gasteiger partial charge on any atom is -0.323 e. The van der Waals surface area contributed by atoms with E-state index >= 15 is 0 Å². The summed E-state index contributed by atoms with van der Waals surface area (Å²) >= 11 is 6.50. The van der Waals surface area contributed by atoms with E-state index < -0.39 is 0 Å². The third-order valence-electron chi connectivity index (χ3n) is 4.65. The third-order valence-corrected chi connectivity index (χ3v) is 5.05. The Kier molecular flexibility index (Phi) is 4.25.